The van der Waals surface area contributed by atoms with Crippen LogP contribution in [0.4, 0.5) is 11.4 Å². The first-order valence-corrected chi connectivity index (χ1v) is 8.47. The highest BCUT2D eigenvalue weighted by Gasteiger charge is 2.14. The van der Waals surface area contributed by atoms with Gasteiger partial charge in [0.05, 0.1) is 27.9 Å². The van der Waals surface area contributed by atoms with Gasteiger partial charge in [-0.2, -0.15) is 0 Å². The fraction of sp³-hybridized carbons (Fsp3) is 0.190. The molecular formula is C21H22N2O4. The molecule has 0 aliphatic rings. The summed E-state index contributed by atoms with van der Waals surface area (Å²) < 4.78 is 15.9. The Morgan fingerprint density at radius 3 is 2.22 bits per heavy atom. The van der Waals surface area contributed by atoms with Crippen molar-refractivity contribution in [3.8, 4) is 17.2 Å². The lowest BCUT2D eigenvalue weighted by molar-refractivity contribution is -0.114. The van der Waals surface area contributed by atoms with Crippen molar-refractivity contribution in [1.82, 2.24) is 0 Å². The van der Waals surface area contributed by atoms with Crippen LogP contribution in [0.2, 0.25) is 0 Å². The maximum Gasteiger partial charge on any atom is 0.243 e. The van der Waals surface area contributed by atoms with Crippen LogP contribution < -0.4 is 24.8 Å². The lowest BCUT2D eigenvalue weighted by atomic mass is 10.1. The molecule has 0 fully saturated rings. The molecule has 2 N–H and O–H groups in total. The average molecular weight is 366 g/mol. The lowest BCUT2D eigenvalue weighted by Gasteiger charge is -2.15. The Labute approximate surface area is 158 Å². The molecule has 6 nitrogen and oxygen atoms in total. The first-order valence-electron chi connectivity index (χ1n) is 8.47. The monoisotopic (exact) mass is 366 g/mol. The Balaban J connectivity index is 1.72. The summed E-state index contributed by atoms with van der Waals surface area (Å²) in [5.41, 5.74) is 1.47. The van der Waals surface area contributed by atoms with Crippen molar-refractivity contribution in [3.63, 3.8) is 0 Å². The van der Waals surface area contributed by atoms with E-state index in [-0.39, 0.29) is 12.5 Å². The van der Waals surface area contributed by atoms with Gasteiger partial charge in [0.2, 0.25) is 11.7 Å². The standard InChI is InChI=1S/C21H22N2O4/c1-25-18-11-15(12-19(26-2)21(18)27-3)23-20(24)13-22-17-10-6-8-14-7-4-5-9-16(14)17/h4-12,22H,13H2,1-3H3,(H,23,24). The Hall–Kier alpha value is -3.41. The van der Waals surface area contributed by atoms with Gasteiger partial charge < -0.3 is 24.8 Å². The number of carbonyl (C=O) groups is 1. The van der Waals surface area contributed by atoms with Gasteiger partial charge in [-0.3, -0.25) is 4.79 Å². The van der Waals surface area contributed by atoms with Crippen LogP contribution in [0.15, 0.2) is 54.6 Å². The molecule has 0 radical (unpaired) electrons. The topological polar surface area (TPSA) is 68.8 Å². The van der Waals surface area contributed by atoms with E-state index in [1.165, 1.54) is 21.3 Å². The molecule has 0 aliphatic heterocycles. The summed E-state index contributed by atoms with van der Waals surface area (Å²) in [6.45, 7) is 0.130. The minimum Gasteiger partial charge on any atom is -0.493 e. The molecule has 6 heteroatoms. The van der Waals surface area contributed by atoms with Crippen molar-refractivity contribution in [3.05, 3.63) is 54.6 Å². The number of carbonyl (C=O) groups excluding carboxylic acids is 1. The third kappa shape index (κ3) is 4.06. The maximum absolute atomic E-state index is 12.4. The fourth-order valence-corrected chi connectivity index (χ4v) is 2.91. The molecule has 0 spiro atoms. The van der Waals surface area contributed by atoms with E-state index in [4.69, 9.17) is 14.2 Å². The second-order valence-corrected chi connectivity index (χ2v) is 5.84. The molecule has 27 heavy (non-hydrogen) atoms. The van der Waals surface area contributed by atoms with Gasteiger partial charge in [0, 0.05) is 28.9 Å². The highest BCUT2D eigenvalue weighted by molar-refractivity contribution is 5.98. The minimum absolute atomic E-state index is 0.130. The summed E-state index contributed by atoms with van der Waals surface area (Å²) >= 11 is 0. The summed E-state index contributed by atoms with van der Waals surface area (Å²) in [6, 6.07) is 17.4. The molecule has 0 atom stereocenters. The van der Waals surface area contributed by atoms with E-state index in [0.717, 1.165) is 16.5 Å². The summed E-state index contributed by atoms with van der Waals surface area (Å²) in [7, 11) is 4.60. The zero-order chi connectivity index (χ0) is 19.2. The van der Waals surface area contributed by atoms with E-state index in [1.54, 1.807) is 12.1 Å². The number of benzene rings is 3. The number of methoxy groups -OCH3 is 3. The smallest absolute Gasteiger partial charge is 0.243 e. The van der Waals surface area contributed by atoms with Crippen LogP contribution in [-0.2, 0) is 4.79 Å². The number of hydrogen-bond donors (Lipinski definition) is 2. The van der Waals surface area contributed by atoms with Gasteiger partial charge in [-0.1, -0.05) is 36.4 Å². The van der Waals surface area contributed by atoms with Gasteiger partial charge in [0.15, 0.2) is 11.5 Å². The molecule has 0 heterocycles. The predicted octanol–water partition coefficient (Wildman–Crippen LogP) is 3.92. The molecule has 3 rings (SSSR count). The Morgan fingerprint density at radius 1 is 0.889 bits per heavy atom. The third-order valence-electron chi connectivity index (χ3n) is 4.18. The van der Waals surface area contributed by atoms with Crippen LogP contribution in [0.1, 0.15) is 0 Å². The number of nitrogens with one attached hydrogen (secondary N) is 2. The molecule has 140 valence electrons. The highest BCUT2D eigenvalue weighted by atomic mass is 16.5. The molecule has 1 amide bonds. The first-order chi connectivity index (χ1) is 13.2. The second kappa shape index (κ2) is 8.31. The molecule has 0 unspecified atom stereocenters. The van der Waals surface area contributed by atoms with Gasteiger partial charge in [-0.05, 0) is 11.5 Å². The van der Waals surface area contributed by atoms with Gasteiger partial charge in [0.1, 0.15) is 0 Å². The van der Waals surface area contributed by atoms with Gasteiger partial charge >= 0.3 is 0 Å². The largest absolute Gasteiger partial charge is 0.493 e. The van der Waals surface area contributed by atoms with E-state index in [2.05, 4.69) is 10.6 Å². The molecule has 3 aromatic rings. The summed E-state index contributed by atoms with van der Waals surface area (Å²) in [5.74, 6) is 1.26. The van der Waals surface area contributed by atoms with Crippen LogP contribution in [-0.4, -0.2) is 33.8 Å². The number of hydrogen-bond acceptors (Lipinski definition) is 5. The quantitative estimate of drug-likeness (QED) is 0.663. The van der Waals surface area contributed by atoms with Crippen molar-refractivity contribution in [1.29, 1.82) is 0 Å². The third-order valence-corrected chi connectivity index (χ3v) is 4.18. The van der Waals surface area contributed by atoms with Crippen LogP contribution >= 0.6 is 0 Å². The summed E-state index contributed by atoms with van der Waals surface area (Å²) in [6.07, 6.45) is 0. The second-order valence-electron chi connectivity index (χ2n) is 5.84. The number of rotatable bonds is 7. The van der Waals surface area contributed by atoms with Crippen molar-refractivity contribution < 1.29 is 19.0 Å². The molecular weight excluding hydrogens is 344 g/mol. The lowest BCUT2D eigenvalue weighted by Crippen LogP contribution is -2.21. The maximum atomic E-state index is 12.4. The van der Waals surface area contributed by atoms with Crippen molar-refractivity contribution in [2.75, 3.05) is 38.5 Å². The molecule has 0 aliphatic carbocycles. The Bertz CT molecular complexity index is 926. The van der Waals surface area contributed by atoms with Gasteiger partial charge in [-0.15, -0.1) is 0 Å². The van der Waals surface area contributed by atoms with E-state index >= 15 is 0 Å². The van der Waals surface area contributed by atoms with Gasteiger partial charge in [-0.25, -0.2) is 0 Å². The van der Waals surface area contributed by atoms with E-state index in [9.17, 15) is 4.79 Å². The van der Waals surface area contributed by atoms with Crippen LogP contribution in [0, 0.1) is 0 Å². The van der Waals surface area contributed by atoms with Crippen molar-refractivity contribution in [2.24, 2.45) is 0 Å². The van der Waals surface area contributed by atoms with Crippen molar-refractivity contribution in [2.45, 2.75) is 0 Å². The zero-order valence-electron chi connectivity index (χ0n) is 15.5. The van der Waals surface area contributed by atoms with Gasteiger partial charge in [0.25, 0.3) is 0 Å². The molecule has 0 saturated heterocycles. The highest BCUT2D eigenvalue weighted by Crippen LogP contribution is 2.39. The van der Waals surface area contributed by atoms with Crippen LogP contribution in [0.25, 0.3) is 10.8 Å². The Kier molecular flexibility index (Phi) is 5.66. The fourth-order valence-electron chi connectivity index (χ4n) is 2.91. The molecule has 0 bridgehead atoms. The number of fused-ring (bicyclic) bond motifs is 1. The first kappa shape index (κ1) is 18.4. The average Bonchev–Trinajstić information content (AvgIpc) is 2.71. The molecule has 0 aromatic heterocycles. The number of anilines is 2. The molecule has 3 aromatic carbocycles. The number of amides is 1. The summed E-state index contributed by atoms with van der Waals surface area (Å²) in [5, 5.41) is 8.22. The zero-order valence-corrected chi connectivity index (χ0v) is 15.5. The molecule has 0 saturated carbocycles. The van der Waals surface area contributed by atoms with Crippen LogP contribution in [0.5, 0.6) is 17.2 Å². The Morgan fingerprint density at radius 2 is 1.56 bits per heavy atom. The minimum atomic E-state index is -0.183. The predicted molar refractivity (Wildman–Crippen MR) is 107 cm³/mol. The number of ether oxygens (including phenoxy) is 3. The van der Waals surface area contributed by atoms with Crippen molar-refractivity contribution >= 4 is 28.1 Å². The van der Waals surface area contributed by atoms with Crippen LogP contribution in [0.3, 0.4) is 0 Å². The SMILES string of the molecule is COc1cc(NC(=O)CNc2cccc3ccccc23)cc(OC)c1OC. The van der Waals surface area contributed by atoms with E-state index in [1.807, 2.05) is 42.5 Å². The normalized spacial score (nSPS) is 10.3. The van der Waals surface area contributed by atoms with E-state index < -0.39 is 0 Å². The summed E-state index contributed by atoms with van der Waals surface area (Å²) in [4.78, 5) is 12.4. The van der Waals surface area contributed by atoms with E-state index in [0.29, 0.717) is 22.9 Å².